The van der Waals surface area contributed by atoms with E-state index in [0.717, 1.165) is 12.8 Å². The van der Waals surface area contributed by atoms with Crippen molar-refractivity contribution in [3.8, 4) is 0 Å². The van der Waals surface area contributed by atoms with Gasteiger partial charge >= 0.3 is 11.9 Å². The highest BCUT2D eigenvalue weighted by Crippen LogP contribution is 2.39. The number of allylic oxidation sites excluding steroid dienone is 1. The third-order valence-electron chi connectivity index (χ3n) is 7.56. The van der Waals surface area contributed by atoms with Crippen LogP contribution in [-0.4, -0.2) is 24.1 Å². The van der Waals surface area contributed by atoms with E-state index in [2.05, 4.69) is 33.4 Å². The van der Waals surface area contributed by atoms with E-state index < -0.39 is 0 Å². The van der Waals surface area contributed by atoms with E-state index in [1.807, 2.05) is 26.0 Å². The van der Waals surface area contributed by atoms with Crippen molar-refractivity contribution < 1.29 is 19.1 Å². The number of esters is 2. The van der Waals surface area contributed by atoms with E-state index in [0.29, 0.717) is 23.0 Å². The van der Waals surface area contributed by atoms with Crippen molar-refractivity contribution in [1.82, 2.24) is 0 Å². The molecule has 2 unspecified atom stereocenters. The van der Waals surface area contributed by atoms with Crippen molar-refractivity contribution in [3.05, 3.63) is 84.4 Å². The Balaban J connectivity index is 0.000000459. The first kappa shape index (κ1) is 35.1. The van der Waals surface area contributed by atoms with Crippen LogP contribution < -0.4 is 0 Å². The number of carbonyl (C=O) groups excluding carboxylic acids is 2. The quantitative estimate of drug-likeness (QED) is 0.137. The number of carbonyl (C=O) groups is 2. The van der Waals surface area contributed by atoms with E-state index >= 15 is 0 Å². The van der Waals surface area contributed by atoms with Gasteiger partial charge in [0.25, 0.3) is 0 Å². The molecule has 40 heavy (non-hydrogen) atoms. The fraction of sp³-hybridized carbons (Fsp3) is 0.556. The first-order chi connectivity index (χ1) is 19.3. The van der Waals surface area contributed by atoms with Crippen LogP contribution in [0.15, 0.2) is 73.3 Å². The van der Waals surface area contributed by atoms with Crippen LogP contribution in [-0.2, 0) is 9.47 Å². The van der Waals surface area contributed by atoms with Gasteiger partial charge in [0.05, 0.1) is 11.1 Å². The van der Waals surface area contributed by atoms with Crippen LogP contribution in [0.2, 0.25) is 0 Å². The maximum Gasteiger partial charge on any atom is 0.338 e. The molecule has 0 amide bonds. The fourth-order valence-corrected chi connectivity index (χ4v) is 5.00. The van der Waals surface area contributed by atoms with Crippen LogP contribution in [0.3, 0.4) is 0 Å². The third kappa shape index (κ3) is 14.0. The highest BCUT2D eigenvalue weighted by Gasteiger charge is 2.25. The molecule has 2 aromatic rings. The van der Waals surface area contributed by atoms with Gasteiger partial charge in [-0.2, -0.15) is 0 Å². The molecular weight excluding hydrogens is 496 g/mol. The van der Waals surface area contributed by atoms with Crippen LogP contribution in [0.25, 0.3) is 0 Å². The van der Waals surface area contributed by atoms with Gasteiger partial charge in [-0.15, -0.1) is 6.58 Å². The molecule has 0 radical (unpaired) electrons. The maximum absolute atomic E-state index is 12.2. The fourth-order valence-electron chi connectivity index (χ4n) is 5.00. The topological polar surface area (TPSA) is 52.6 Å². The summed E-state index contributed by atoms with van der Waals surface area (Å²) in [7, 11) is 0. The van der Waals surface area contributed by atoms with Crippen LogP contribution in [0, 0.1) is 5.41 Å². The van der Waals surface area contributed by atoms with Crippen molar-refractivity contribution in [3.63, 3.8) is 0 Å². The Hall–Kier alpha value is -2.88. The van der Waals surface area contributed by atoms with Crippen molar-refractivity contribution in [2.45, 2.75) is 124 Å². The normalized spacial score (nSPS) is 12.4. The van der Waals surface area contributed by atoms with E-state index in [-0.39, 0.29) is 24.1 Å². The molecule has 0 aliphatic carbocycles. The standard InChI is InChI=1S/C21H24O4.C15H30/c1-3-10-19(25-21(23)18-13-8-5-9-14-18)15-16(2)24-20(22)17-11-6-4-7-12-17;1-5-9-12-15(8-4,13-10-6-2)14-11-7-3/h4-9,11-14,16,19H,3,10,15H2,1-2H3;5H,1,6-14H2,2-4H3. The molecule has 0 spiro atoms. The molecule has 0 aliphatic rings. The van der Waals surface area contributed by atoms with Crippen molar-refractivity contribution in [2.75, 3.05) is 0 Å². The number of hydrogen-bond acceptors (Lipinski definition) is 4. The number of rotatable bonds is 18. The largest absolute Gasteiger partial charge is 0.459 e. The number of hydrogen-bond donors (Lipinski definition) is 0. The zero-order chi connectivity index (χ0) is 29.6. The Morgan fingerprint density at radius 1 is 0.775 bits per heavy atom. The van der Waals surface area contributed by atoms with E-state index in [1.165, 1.54) is 57.8 Å². The van der Waals surface area contributed by atoms with Gasteiger partial charge in [0.2, 0.25) is 0 Å². The summed E-state index contributed by atoms with van der Waals surface area (Å²) in [6.45, 7) is 14.7. The van der Waals surface area contributed by atoms with Crippen LogP contribution >= 0.6 is 0 Å². The Kier molecular flexibility index (Phi) is 18.4. The molecular formula is C36H54O4. The lowest BCUT2D eigenvalue weighted by Crippen LogP contribution is -2.25. The molecule has 222 valence electrons. The Morgan fingerprint density at radius 3 is 1.70 bits per heavy atom. The summed E-state index contributed by atoms with van der Waals surface area (Å²) in [5.74, 6) is -0.710. The smallest absolute Gasteiger partial charge is 0.338 e. The summed E-state index contributed by atoms with van der Waals surface area (Å²) < 4.78 is 11.1. The summed E-state index contributed by atoms with van der Waals surface area (Å²) in [6.07, 6.45) is 15.8. The van der Waals surface area contributed by atoms with Gasteiger partial charge in [0, 0.05) is 6.42 Å². The second-order valence-corrected chi connectivity index (χ2v) is 10.9. The Bertz CT molecular complexity index is 930. The van der Waals surface area contributed by atoms with Crippen LogP contribution in [0.5, 0.6) is 0 Å². The number of unbranched alkanes of at least 4 members (excludes halogenated alkanes) is 2. The Labute approximate surface area is 244 Å². The predicted molar refractivity (Wildman–Crippen MR) is 168 cm³/mol. The van der Waals surface area contributed by atoms with Gasteiger partial charge < -0.3 is 9.47 Å². The lowest BCUT2D eigenvalue weighted by Gasteiger charge is -2.33. The highest BCUT2D eigenvalue weighted by atomic mass is 16.6. The molecule has 0 saturated carbocycles. The number of ether oxygens (including phenoxy) is 2. The van der Waals surface area contributed by atoms with Crippen molar-refractivity contribution in [1.29, 1.82) is 0 Å². The maximum atomic E-state index is 12.2. The van der Waals surface area contributed by atoms with E-state index in [9.17, 15) is 9.59 Å². The Morgan fingerprint density at radius 2 is 1.27 bits per heavy atom. The van der Waals surface area contributed by atoms with Crippen molar-refractivity contribution >= 4 is 11.9 Å². The summed E-state index contributed by atoms with van der Waals surface area (Å²) in [5.41, 5.74) is 1.67. The first-order valence-electron chi connectivity index (χ1n) is 15.5. The molecule has 0 bridgehead atoms. The molecule has 2 aromatic carbocycles. The van der Waals surface area contributed by atoms with Gasteiger partial charge in [0.1, 0.15) is 12.2 Å². The molecule has 0 fully saturated rings. The summed E-state index contributed by atoms with van der Waals surface area (Å²) >= 11 is 0. The molecule has 0 N–H and O–H groups in total. The average molecular weight is 551 g/mol. The summed E-state index contributed by atoms with van der Waals surface area (Å²) in [5, 5.41) is 0. The zero-order valence-electron chi connectivity index (χ0n) is 25.8. The third-order valence-corrected chi connectivity index (χ3v) is 7.56. The van der Waals surface area contributed by atoms with Crippen LogP contribution in [0.1, 0.15) is 132 Å². The second-order valence-electron chi connectivity index (χ2n) is 10.9. The molecule has 0 aliphatic heterocycles. The van der Waals surface area contributed by atoms with E-state index in [4.69, 9.17) is 9.47 Å². The van der Waals surface area contributed by atoms with Gasteiger partial charge in [-0.05, 0) is 68.7 Å². The lowest BCUT2D eigenvalue weighted by molar-refractivity contribution is 0.00162. The minimum absolute atomic E-state index is 0.281. The van der Waals surface area contributed by atoms with Crippen molar-refractivity contribution in [2.24, 2.45) is 5.41 Å². The van der Waals surface area contributed by atoms with Gasteiger partial charge in [-0.25, -0.2) is 9.59 Å². The minimum Gasteiger partial charge on any atom is -0.459 e. The minimum atomic E-state index is -0.363. The number of benzene rings is 2. The average Bonchev–Trinajstić information content (AvgIpc) is 2.98. The van der Waals surface area contributed by atoms with Gasteiger partial charge in [0.15, 0.2) is 0 Å². The SMILES string of the molecule is C=CCCC(CC)(CCCC)CCCC.CCCC(CC(C)OC(=O)c1ccccc1)OC(=O)c1ccccc1. The van der Waals surface area contributed by atoms with Gasteiger partial charge in [-0.1, -0.05) is 109 Å². The van der Waals surface area contributed by atoms with E-state index in [1.54, 1.807) is 48.5 Å². The predicted octanol–water partition coefficient (Wildman–Crippen LogP) is 10.4. The van der Waals surface area contributed by atoms with Gasteiger partial charge in [-0.3, -0.25) is 0 Å². The molecule has 0 aromatic heterocycles. The highest BCUT2D eigenvalue weighted by molar-refractivity contribution is 5.90. The molecule has 2 atom stereocenters. The lowest BCUT2D eigenvalue weighted by atomic mass is 9.73. The second kappa shape index (κ2) is 20.9. The monoisotopic (exact) mass is 550 g/mol. The molecule has 0 saturated heterocycles. The molecule has 4 heteroatoms. The molecule has 4 nitrogen and oxygen atoms in total. The summed E-state index contributed by atoms with van der Waals surface area (Å²) in [6, 6.07) is 17.8. The zero-order valence-corrected chi connectivity index (χ0v) is 25.8. The first-order valence-corrected chi connectivity index (χ1v) is 15.5. The molecule has 2 rings (SSSR count). The molecule has 0 heterocycles. The van der Waals surface area contributed by atoms with Crippen LogP contribution in [0.4, 0.5) is 0 Å². The summed E-state index contributed by atoms with van der Waals surface area (Å²) in [4.78, 5) is 24.3.